The second-order valence-electron chi connectivity index (χ2n) is 7.11. The van der Waals surface area contributed by atoms with Gasteiger partial charge >= 0.3 is 0 Å². The first kappa shape index (κ1) is 17.1. The lowest BCUT2D eigenvalue weighted by molar-refractivity contribution is -0.109. The number of hydrogen-bond donors (Lipinski definition) is 2. The normalized spacial score (nSPS) is 26.2. The summed E-state index contributed by atoms with van der Waals surface area (Å²) in [5.41, 5.74) is 6.92. The fourth-order valence-corrected chi connectivity index (χ4v) is 4.37. The quantitative estimate of drug-likeness (QED) is 0.681. The van der Waals surface area contributed by atoms with Crippen LogP contribution >= 0.6 is 0 Å². The first-order valence-electron chi connectivity index (χ1n) is 8.93. The Balaban J connectivity index is 1.68. The summed E-state index contributed by atoms with van der Waals surface area (Å²) >= 11 is 0. The van der Waals surface area contributed by atoms with Crippen molar-refractivity contribution in [3.8, 4) is 11.5 Å². The lowest BCUT2D eigenvalue weighted by Gasteiger charge is -2.23. The van der Waals surface area contributed by atoms with Gasteiger partial charge in [-0.05, 0) is 54.7 Å². The number of hydrogen-bond acceptors (Lipinski definition) is 4. The Labute approximate surface area is 143 Å². The van der Waals surface area contributed by atoms with E-state index in [-0.39, 0.29) is 5.92 Å². The molecule has 2 bridgehead atoms. The highest BCUT2D eigenvalue weighted by Crippen LogP contribution is 2.48. The lowest BCUT2D eigenvalue weighted by Crippen LogP contribution is -2.25. The van der Waals surface area contributed by atoms with Crippen LogP contribution in [0.3, 0.4) is 0 Å². The number of ether oxygens (including phenoxy) is 2. The highest BCUT2D eigenvalue weighted by Gasteiger charge is 2.39. The van der Waals surface area contributed by atoms with Gasteiger partial charge in [-0.1, -0.05) is 12.5 Å². The summed E-state index contributed by atoms with van der Waals surface area (Å²) in [6.45, 7) is 1.76. The van der Waals surface area contributed by atoms with Crippen LogP contribution in [0.15, 0.2) is 18.2 Å². The molecule has 0 spiro atoms. The molecule has 2 fully saturated rings. The van der Waals surface area contributed by atoms with Crippen molar-refractivity contribution in [1.29, 1.82) is 0 Å². The smallest absolute Gasteiger partial charge is 0.207 e. The number of methoxy groups -OCH3 is 1. The molecule has 132 valence electrons. The maximum absolute atomic E-state index is 10.5. The highest BCUT2D eigenvalue weighted by atomic mass is 16.5. The SMILES string of the molecule is COc1ccc(C(CN)CNC=O)cc1OC[C@H]1C[C@@H]2CC[C@H]1C2. The summed E-state index contributed by atoms with van der Waals surface area (Å²) in [6, 6.07) is 5.93. The van der Waals surface area contributed by atoms with Crippen LogP contribution < -0.4 is 20.5 Å². The molecule has 1 aromatic rings. The monoisotopic (exact) mass is 332 g/mol. The minimum absolute atomic E-state index is 0.0750. The molecule has 0 saturated heterocycles. The summed E-state index contributed by atoms with van der Waals surface area (Å²) in [6.07, 6.45) is 6.17. The van der Waals surface area contributed by atoms with E-state index in [0.29, 0.717) is 25.4 Å². The Kier molecular flexibility index (Phi) is 5.61. The molecule has 0 radical (unpaired) electrons. The van der Waals surface area contributed by atoms with Gasteiger partial charge in [-0.2, -0.15) is 0 Å². The summed E-state index contributed by atoms with van der Waals surface area (Å²) in [4.78, 5) is 10.5. The van der Waals surface area contributed by atoms with E-state index in [4.69, 9.17) is 15.2 Å². The van der Waals surface area contributed by atoms with Gasteiger partial charge in [0.05, 0.1) is 13.7 Å². The topological polar surface area (TPSA) is 73.6 Å². The molecule has 0 aliphatic heterocycles. The molecule has 1 amide bonds. The van der Waals surface area contributed by atoms with Crippen molar-refractivity contribution in [1.82, 2.24) is 5.32 Å². The second-order valence-corrected chi connectivity index (χ2v) is 7.11. The molecule has 2 aliphatic rings. The molecule has 1 aromatic carbocycles. The van der Waals surface area contributed by atoms with E-state index < -0.39 is 0 Å². The largest absolute Gasteiger partial charge is 0.493 e. The predicted molar refractivity (Wildman–Crippen MR) is 93.3 cm³/mol. The van der Waals surface area contributed by atoms with Gasteiger partial charge in [-0.15, -0.1) is 0 Å². The first-order valence-corrected chi connectivity index (χ1v) is 8.93. The molecule has 4 atom stereocenters. The van der Waals surface area contributed by atoms with E-state index in [2.05, 4.69) is 5.32 Å². The van der Waals surface area contributed by atoms with Crippen molar-refractivity contribution < 1.29 is 14.3 Å². The fourth-order valence-electron chi connectivity index (χ4n) is 4.37. The van der Waals surface area contributed by atoms with Crippen molar-refractivity contribution in [3.63, 3.8) is 0 Å². The molecule has 0 heterocycles. The zero-order valence-electron chi connectivity index (χ0n) is 14.4. The van der Waals surface area contributed by atoms with Crippen LogP contribution in [0.2, 0.25) is 0 Å². The van der Waals surface area contributed by atoms with E-state index >= 15 is 0 Å². The van der Waals surface area contributed by atoms with E-state index in [1.54, 1.807) is 7.11 Å². The maximum Gasteiger partial charge on any atom is 0.207 e. The van der Waals surface area contributed by atoms with Crippen LogP contribution in [-0.4, -0.2) is 33.2 Å². The number of carbonyl (C=O) groups is 1. The summed E-state index contributed by atoms with van der Waals surface area (Å²) < 4.78 is 11.6. The molecule has 2 aliphatic carbocycles. The number of nitrogens with two attached hydrogens (primary N) is 1. The van der Waals surface area contributed by atoms with Gasteiger partial charge in [-0.3, -0.25) is 4.79 Å². The fraction of sp³-hybridized carbons (Fsp3) is 0.632. The van der Waals surface area contributed by atoms with Crippen molar-refractivity contribution in [2.45, 2.75) is 31.6 Å². The molecule has 3 rings (SSSR count). The number of carbonyl (C=O) groups excluding carboxylic acids is 1. The third-order valence-corrected chi connectivity index (χ3v) is 5.73. The standard InChI is InChI=1S/C19H28N2O3/c1-23-18-5-4-15(17(9-20)10-21-12-22)8-19(18)24-11-16-7-13-2-3-14(16)6-13/h4-5,8,12-14,16-17H,2-3,6-7,9-11,20H2,1H3,(H,21,22)/t13-,14+,16-,17?/m1/s1. The summed E-state index contributed by atoms with van der Waals surface area (Å²) in [5, 5.41) is 2.71. The van der Waals surface area contributed by atoms with Crippen LogP contribution in [0.4, 0.5) is 0 Å². The van der Waals surface area contributed by atoms with Crippen LogP contribution in [0.25, 0.3) is 0 Å². The third kappa shape index (κ3) is 3.66. The molecule has 2 saturated carbocycles. The molecule has 3 N–H and O–H groups in total. The van der Waals surface area contributed by atoms with Gasteiger partial charge < -0.3 is 20.5 Å². The van der Waals surface area contributed by atoms with E-state index in [1.165, 1.54) is 25.7 Å². The van der Waals surface area contributed by atoms with Crippen LogP contribution in [-0.2, 0) is 4.79 Å². The Bertz CT molecular complexity index is 564. The van der Waals surface area contributed by atoms with Gasteiger partial charge in [0.25, 0.3) is 0 Å². The average molecular weight is 332 g/mol. The summed E-state index contributed by atoms with van der Waals surface area (Å²) in [5.74, 6) is 4.05. The maximum atomic E-state index is 10.5. The number of benzene rings is 1. The third-order valence-electron chi connectivity index (χ3n) is 5.73. The zero-order chi connectivity index (χ0) is 16.9. The number of nitrogens with one attached hydrogen (secondary N) is 1. The Morgan fingerprint density at radius 2 is 2.21 bits per heavy atom. The molecule has 5 heteroatoms. The van der Waals surface area contributed by atoms with Crippen LogP contribution in [0.1, 0.15) is 37.2 Å². The van der Waals surface area contributed by atoms with Crippen molar-refractivity contribution in [2.75, 3.05) is 26.8 Å². The van der Waals surface area contributed by atoms with Gasteiger partial charge in [-0.25, -0.2) is 0 Å². The Hall–Kier alpha value is -1.75. The molecular weight excluding hydrogens is 304 g/mol. The van der Waals surface area contributed by atoms with Crippen molar-refractivity contribution in [3.05, 3.63) is 23.8 Å². The molecular formula is C19H28N2O3. The minimum atomic E-state index is 0.0750. The van der Waals surface area contributed by atoms with Gasteiger partial charge in [0.15, 0.2) is 11.5 Å². The number of rotatable bonds is 9. The van der Waals surface area contributed by atoms with Crippen molar-refractivity contribution in [2.24, 2.45) is 23.5 Å². The first-order chi connectivity index (χ1) is 11.7. The predicted octanol–water partition coefficient (Wildman–Crippen LogP) is 2.30. The Morgan fingerprint density at radius 1 is 1.33 bits per heavy atom. The van der Waals surface area contributed by atoms with Crippen LogP contribution in [0, 0.1) is 17.8 Å². The Morgan fingerprint density at radius 3 is 2.83 bits per heavy atom. The van der Waals surface area contributed by atoms with Gasteiger partial charge in [0.1, 0.15) is 0 Å². The van der Waals surface area contributed by atoms with E-state index in [1.807, 2.05) is 18.2 Å². The van der Waals surface area contributed by atoms with Crippen LogP contribution in [0.5, 0.6) is 11.5 Å². The minimum Gasteiger partial charge on any atom is -0.493 e. The lowest BCUT2D eigenvalue weighted by atomic mass is 9.89. The molecule has 1 unspecified atom stereocenters. The number of fused-ring (bicyclic) bond motifs is 2. The molecule has 24 heavy (non-hydrogen) atoms. The second kappa shape index (κ2) is 7.88. The van der Waals surface area contributed by atoms with E-state index in [9.17, 15) is 4.79 Å². The summed E-state index contributed by atoms with van der Waals surface area (Å²) in [7, 11) is 1.66. The van der Waals surface area contributed by atoms with E-state index in [0.717, 1.165) is 35.5 Å². The molecule has 0 aromatic heterocycles. The van der Waals surface area contributed by atoms with Gasteiger partial charge in [0, 0.05) is 19.0 Å². The average Bonchev–Trinajstić information content (AvgIpc) is 3.23. The number of amides is 1. The van der Waals surface area contributed by atoms with Gasteiger partial charge in [0.2, 0.25) is 6.41 Å². The molecule has 5 nitrogen and oxygen atoms in total. The van der Waals surface area contributed by atoms with Crippen molar-refractivity contribution >= 4 is 6.41 Å². The highest BCUT2D eigenvalue weighted by molar-refractivity contribution is 5.47. The zero-order valence-corrected chi connectivity index (χ0v) is 14.4.